The number of anilines is 1. The van der Waals surface area contributed by atoms with E-state index in [1.54, 1.807) is 6.07 Å². The van der Waals surface area contributed by atoms with E-state index < -0.39 is 0 Å². The highest BCUT2D eigenvalue weighted by atomic mass is 16.5. The highest BCUT2D eigenvalue weighted by molar-refractivity contribution is 5.90. The predicted molar refractivity (Wildman–Crippen MR) is 88.2 cm³/mol. The van der Waals surface area contributed by atoms with Gasteiger partial charge in [-0.2, -0.15) is 0 Å². The van der Waals surface area contributed by atoms with Crippen molar-refractivity contribution < 1.29 is 9.53 Å². The fourth-order valence-corrected chi connectivity index (χ4v) is 3.00. The summed E-state index contributed by atoms with van der Waals surface area (Å²) in [4.78, 5) is 18.5. The smallest absolute Gasteiger partial charge is 0.339 e. The summed E-state index contributed by atoms with van der Waals surface area (Å²) < 4.78 is 4.74. The van der Waals surface area contributed by atoms with Crippen molar-refractivity contribution in [2.75, 3.05) is 38.6 Å². The Morgan fingerprint density at radius 1 is 1.50 bits per heavy atom. The van der Waals surface area contributed by atoms with Crippen LogP contribution in [0, 0.1) is 18.8 Å². The summed E-state index contributed by atoms with van der Waals surface area (Å²) in [7, 11) is 1.39. The van der Waals surface area contributed by atoms with Gasteiger partial charge in [-0.15, -0.1) is 0 Å². The molecule has 1 aromatic rings. The highest BCUT2D eigenvalue weighted by Gasteiger charge is 2.22. The first kappa shape index (κ1) is 16.7. The van der Waals surface area contributed by atoms with Gasteiger partial charge in [0.1, 0.15) is 5.82 Å². The van der Waals surface area contributed by atoms with Crippen LogP contribution in [0.15, 0.2) is 12.1 Å². The largest absolute Gasteiger partial charge is 0.465 e. The van der Waals surface area contributed by atoms with Gasteiger partial charge < -0.3 is 15.0 Å². The molecule has 122 valence electrons. The molecule has 2 rings (SSSR count). The van der Waals surface area contributed by atoms with E-state index in [-0.39, 0.29) is 5.97 Å². The third-order valence-electron chi connectivity index (χ3n) is 4.06. The number of carbonyl (C=O) groups is 1. The lowest BCUT2D eigenvalue weighted by atomic mass is 10.1. The van der Waals surface area contributed by atoms with E-state index in [4.69, 9.17) is 4.74 Å². The van der Waals surface area contributed by atoms with Crippen LogP contribution in [-0.4, -0.2) is 49.1 Å². The van der Waals surface area contributed by atoms with Crippen LogP contribution in [0.25, 0.3) is 0 Å². The maximum Gasteiger partial charge on any atom is 0.339 e. The summed E-state index contributed by atoms with van der Waals surface area (Å²) in [5.74, 6) is 1.88. The molecule has 0 bridgehead atoms. The lowest BCUT2D eigenvalue weighted by molar-refractivity contribution is 0.0599. The Morgan fingerprint density at radius 2 is 2.27 bits per heavy atom. The Hall–Kier alpha value is -1.62. The maximum atomic E-state index is 11.5. The Morgan fingerprint density at radius 3 is 2.91 bits per heavy atom. The van der Waals surface area contributed by atoms with Crippen LogP contribution in [0.1, 0.15) is 36.3 Å². The molecule has 0 radical (unpaired) electrons. The second-order valence-corrected chi connectivity index (χ2v) is 6.51. The lowest BCUT2D eigenvalue weighted by Crippen LogP contribution is -2.26. The van der Waals surface area contributed by atoms with Crippen LogP contribution in [-0.2, 0) is 4.74 Å². The number of hydrogen-bond donors (Lipinski definition) is 1. The van der Waals surface area contributed by atoms with Gasteiger partial charge in [-0.1, -0.05) is 13.8 Å². The molecule has 0 aliphatic carbocycles. The first-order chi connectivity index (χ1) is 10.5. The summed E-state index contributed by atoms with van der Waals surface area (Å²) in [5.41, 5.74) is 1.22. The number of pyridine rings is 1. The zero-order chi connectivity index (χ0) is 16.1. The number of carbonyl (C=O) groups excluding carboxylic acids is 1. The number of methoxy groups -OCH3 is 1. The third-order valence-corrected chi connectivity index (χ3v) is 4.06. The standard InChI is InChI=1S/C17H27N3O2/c1-12(2)10-20-8-7-14(11-20)9-18-16-6-5-15(13(3)19-16)17(21)22-4/h5-6,12,14H,7-11H2,1-4H3,(H,18,19). The number of aryl methyl sites for hydroxylation is 1. The molecule has 0 aromatic carbocycles. The normalized spacial score (nSPS) is 18.7. The van der Waals surface area contributed by atoms with E-state index in [1.807, 2.05) is 13.0 Å². The first-order valence-corrected chi connectivity index (χ1v) is 8.01. The summed E-state index contributed by atoms with van der Waals surface area (Å²) in [6.45, 7) is 10.8. The Labute approximate surface area is 133 Å². The minimum absolute atomic E-state index is 0.336. The SMILES string of the molecule is COC(=O)c1ccc(NCC2CCN(CC(C)C)C2)nc1C. The number of nitrogens with one attached hydrogen (secondary N) is 1. The van der Waals surface area contributed by atoms with Crippen molar-refractivity contribution in [1.82, 2.24) is 9.88 Å². The van der Waals surface area contributed by atoms with Crippen LogP contribution in [0.2, 0.25) is 0 Å². The van der Waals surface area contributed by atoms with E-state index in [2.05, 4.69) is 29.0 Å². The predicted octanol–water partition coefficient (Wildman–Crippen LogP) is 2.57. The Kier molecular flexibility index (Phi) is 5.77. The number of hydrogen-bond acceptors (Lipinski definition) is 5. The number of ether oxygens (including phenoxy) is 1. The summed E-state index contributed by atoms with van der Waals surface area (Å²) in [6, 6.07) is 3.62. The highest BCUT2D eigenvalue weighted by Crippen LogP contribution is 2.18. The van der Waals surface area contributed by atoms with Crippen molar-refractivity contribution in [3.8, 4) is 0 Å². The van der Waals surface area contributed by atoms with Gasteiger partial charge in [0, 0.05) is 19.6 Å². The number of likely N-dealkylation sites (tertiary alicyclic amines) is 1. The minimum atomic E-state index is -0.336. The third kappa shape index (κ3) is 4.44. The molecular weight excluding hydrogens is 278 g/mol. The molecule has 1 unspecified atom stereocenters. The van der Waals surface area contributed by atoms with Crippen molar-refractivity contribution in [1.29, 1.82) is 0 Å². The monoisotopic (exact) mass is 305 g/mol. The molecule has 0 amide bonds. The van der Waals surface area contributed by atoms with Crippen LogP contribution < -0.4 is 5.32 Å². The molecule has 0 saturated carbocycles. The van der Waals surface area contributed by atoms with Crippen molar-refractivity contribution in [2.45, 2.75) is 27.2 Å². The van der Waals surface area contributed by atoms with E-state index >= 15 is 0 Å². The zero-order valence-corrected chi connectivity index (χ0v) is 14.1. The van der Waals surface area contributed by atoms with Gasteiger partial charge in [-0.3, -0.25) is 0 Å². The summed E-state index contributed by atoms with van der Waals surface area (Å²) in [6.07, 6.45) is 1.24. The average molecular weight is 305 g/mol. The topological polar surface area (TPSA) is 54.5 Å². The van der Waals surface area contributed by atoms with Gasteiger partial charge in [-0.25, -0.2) is 9.78 Å². The maximum absolute atomic E-state index is 11.5. The molecule has 2 heterocycles. The molecule has 1 saturated heterocycles. The fraction of sp³-hybridized carbons (Fsp3) is 0.647. The van der Waals surface area contributed by atoms with E-state index in [9.17, 15) is 4.79 Å². The van der Waals surface area contributed by atoms with Crippen molar-refractivity contribution in [3.05, 3.63) is 23.4 Å². The molecule has 1 aliphatic rings. The summed E-state index contributed by atoms with van der Waals surface area (Å²) in [5, 5.41) is 3.40. The molecule has 1 fully saturated rings. The number of aromatic nitrogens is 1. The van der Waals surface area contributed by atoms with Crippen molar-refractivity contribution in [3.63, 3.8) is 0 Å². The van der Waals surface area contributed by atoms with Crippen LogP contribution >= 0.6 is 0 Å². The number of nitrogens with zero attached hydrogens (tertiary/aromatic N) is 2. The van der Waals surface area contributed by atoms with Gasteiger partial charge >= 0.3 is 5.97 Å². The quantitative estimate of drug-likeness (QED) is 0.819. The van der Waals surface area contributed by atoms with Crippen LogP contribution in [0.3, 0.4) is 0 Å². The molecule has 5 nitrogen and oxygen atoms in total. The number of esters is 1. The second-order valence-electron chi connectivity index (χ2n) is 6.51. The zero-order valence-electron chi connectivity index (χ0n) is 14.1. The molecule has 1 aromatic heterocycles. The van der Waals surface area contributed by atoms with E-state index in [0.29, 0.717) is 17.2 Å². The lowest BCUT2D eigenvalue weighted by Gasteiger charge is -2.18. The van der Waals surface area contributed by atoms with Crippen molar-refractivity contribution in [2.24, 2.45) is 11.8 Å². The summed E-state index contributed by atoms with van der Waals surface area (Å²) >= 11 is 0. The minimum Gasteiger partial charge on any atom is -0.465 e. The average Bonchev–Trinajstić information content (AvgIpc) is 2.91. The van der Waals surface area contributed by atoms with Gasteiger partial charge in [0.05, 0.1) is 18.4 Å². The van der Waals surface area contributed by atoms with Crippen LogP contribution in [0.5, 0.6) is 0 Å². The molecule has 0 spiro atoms. The van der Waals surface area contributed by atoms with E-state index in [0.717, 1.165) is 24.8 Å². The fourth-order valence-electron chi connectivity index (χ4n) is 3.00. The van der Waals surface area contributed by atoms with E-state index in [1.165, 1.54) is 26.6 Å². The second kappa shape index (κ2) is 7.58. The van der Waals surface area contributed by atoms with Crippen molar-refractivity contribution >= 4 is 11.8 Å². The Balaban J connectivity index is 1.85. The molecule has 1 atom stereocenters. The molecule has 1 aliphatic heterocycles. The Bertz CT molecular complexity index is 517. The molecule has 1 N–H and O–H groups in total. The van der Waals surface area contributed by atoms with Crippen LogP contribution in [0.4, 0.5) is 5.82 Å². The van der Waals surface area contributed by atoms with Gasteiger partial charge in [0.15, 0.2) is 0 Å². The number of rotatable bonds is 6. The first-order valence-electron chi connectivity index (χ1n) is 8.01. The van der Waals surface area contributed by atoms with Gasteiger partial charge in [0.2, 0.25) is 0 Å². The molecule has 22 heavy (non-hydrogen) atoms. The molecular formula is C17H27N3O2. The van der Waals surface area contributed by atoms with Gasteiger partial charge in [0.25, 0.3) is 0 Å². The molecule has 5 heteroatoms. The van der Waals surface area contributed by atoms with Gasteiger partial charge in [-0.05, 0) is 43.9 Å².